The van der Waals surface area contributed by atoms with Crippen LogP contribution in [0.25, 0.3) is 0 Å². The monoisotopic (exact) mass is 221 g/mol. The highest BCUT2D eigenvalue weighted by Gasteiger charge is 2.04. The Kier molecular flexibility index (Phi) is 4.96. The number of hydrogen-bond donors (Lipinski definition) is 0. The summed E-state index contributed by atoms with van der Waals surface area (Å²) in [6, 6.07) is 6.88. The summed E-state index contributed by atoms with van der Waals surface area (Å²) in [6.07, 6.45) is 4.63. The molecule has 0 N–H and O–H groups in total. The Hall–Kier alpha value is -1.38. The SMILES string of the molecule is CCC(C)CCCc1ccc([N+](=O)[O-])cc1. The summed E-state index contributed by atoms with van der Waals surface area (Å²) in [5, 5.41) is 10.5. The first kappa shape index (κ1) is 12.7. The van der Waals surface area contributed by atoms with Crippen LogP contribution in [0.4, 0.5) is 5.69 Å². The van der Waals surface area contributed by atoms with E-state index in [-0.39, 0.29) is 10.6 Å². The van der Waals surface area contributed by atoms with Crippen molar-refractivity contribution < 1.29 is 4.92 Å². The number of rotatable bonds is 6. The Balaban J connectivity index is 2.40. The normalized spacial score (nSPS) is 12.4. The Morgan fingerprint density at radius 3 is 2.44 bits per heavy atom. The van der Waals surface area contributed by atoms with Crippen LogP contribution in [0.5, 0.6) is 0 Å². The Labute approximate surface area is 96.6 Å². The van der Waals surface area contributed by atoms with Gasteiger partial charge in [-0.3, -0.25) is 10.1 Å². The standard InChI is InChI=1S/C13H19NO2/c1-3-11(2)5-4-6-12-7-9-13(10-8-12)14(15)16/h7-11H,3-6H2,1-2H3. The maximum absolute atomic E-state index is 10.5. The second kappa shape index (κ2) is 6.26. The summed E-state index contributed by atoms with van der Waals surface area (Å²) in [5.74, 6) is 0.776. The molecule has 1 unspecified atom stereocenters. The van der Waals surface area contributed by atoms with Crippen LogP contribution in [-0.4, -0.2) is 4.92 Å². The fourth-order valence-corrected chi connectivity index (χ4v) is 1.64. The fraction of sp³-hybridized carbons (Fsp3) is 0.538. The van der Waals surface area contributed by atoms with Gasteiger partial charge in [-0.15, -0.1) is 0 Å². The van der Waals surface area contributed by atoms with E-state index in [9.17, 15) is 10.1 Å². The van der Waals surface area contributed by atoms with E-state index in [2.05, 4.69) is 13.8 Å². The van der Waals surface area contributed by atoms with Crippen LogP contribution in [0.1, 0.15) is 38.7 Å². The van der Waals surface area contributed by atoms with E-state index in [0.29, 0.717) is 0 Å². The lowest BCUT2D eigenvalue weighted by molar-refractivity contribution is -0.384. The van der Waals surface area contributed by atoms with Crippen molar-refractivity contribution in [3.05, 3.63) is 39.9 Å². The molecule has 88 valence electrons. The number of aryl methyl sites for hydroxylation is 1. The van der Waals surface area contributed by atoms with E-state index in [0.717, 1.165) is 18.8 Å². The highest BCUT2D eigenvalue weighted by molar-refractivity contribution is 5.32. The predicted molar refractivity (Wildman–Crippen MR) is 65.5 cm³/mol. The number of nitro groups is 1. The van der Waals surface area contributed by atoms with E-state index in [1.54, 1.807) is 12.1 Å². The molecular formula is C13H19NO2. The summed E-state index contributed by atoms with van der Waals surface area (Å²) in [4.78, 5) is 10.1. The first-order valence-corrected chi connectivity index (χ1v) is 5.86. The smallest absolute Gasteiger partial charge is 0.258 e. The van der Waals surface area contributed by atoms with Gasteiger partial charge < -0.3 is 0 Å². The zero-order chi connectivity index (χ0) is 12.0. The van der Waals surface area contributed by atoms with Crippen LogP contribution in [0.2, 0.25) is 0 Å². The first-order chi connectivity index (χ1) is 7.63. The third-order valence-corrected chi connectivity index (χ3v) is 3.01. The molecule has 0 aliphatic heterocycles. The van der Waals surface area contributed by atoms with Crippen molar-refractivity contribution in [2.75, 3.05) is 0 Å². The van der Waals surface area contributed by atoms with Gasteiger partial charge in [0, 0.05) is 12.1 Å². The largest absolute Gasteiger partial charge is 0.269 e. The van der Waals surface area contributed by atoms with Crippen molar-refractivity contribution in [1.82, 2.24) is 0 Å². The number of hydrogen-bond acceptors (Lipinski definition) is 2. The molecule has 3 heteroatoms. The fourth-order valence-electron chi connectivity index (χ4n) is 1.64. The van der Waals surface area contributed by atoms with E-state index < -0.39 is 0 Å². The Morgan fingerprint density at radius 1 is 1.31 bits per heavy atom. The Morgan fingerprint density at radius 2 is 1.94 bits per heavy atom. The summed E-state index contributed by atoms with van der Waals surface area (Å²) < 4.78 is 0. The number of non-ortho nitro benzene ring substituents is 1. The predicted octanol–water partition coefficient (Wildman–Crippen LogP) is 3.96. The van der Waals surface area contributed by atoms with Gasteiger partial charge in [0.1, 0.15) is 0 Å². The number of nitrogens with zero attached hydrogens (tertiary/aromatic N) is 1. The highest BCUT2D eigenvalue weighted by atomic mass is 16.6. The van der Waals surface area contributed by atoms with Gasteiger partial charge in [0.2, 0.25) is 0 Å². The minimum Gasteiger partial charge on any atom is -0.258 e. The maximum atomic E-state index is 10.5. The van der Waals surface area contributed by atoms with Gasteiger partial charge in [-0.05, 0) is 24.3 Å². The molecule has 0 fully saturated rings. The zero-order valence-corrected chi connectivity index (χ0v) is 9.98. The molecule has 1 atom stereocenters. The van der Waals surface area contributed by atoms with Crippen LogP contribution < -0.4 is 0 Å². The molecular weight excluding hydrogens is 202 g/mol. The number of benzene rings is 1. The molecule has 0 saturated heterocycles. The lowest BCUT2D eigenvalue weighted by Gasteiger charge is -2.07. The van der Waals surface area contributed by atoms with Crippen LogP contribution >= 0.6 is 0 Å². The molecule has 1 rings (SSSR count). The molecule has 0 saturated carbocycles. The average Bonchev–Trinajstić information content (AvgIpc) is 2.29. The molecule has 0 aromatic heterocycles. The summed E-state index contributed by atoms with van der Waals surface area (Å²) in [6.45, 7) is 4.46. The Bertz CT molecular complexity index is 332. The summed E-state index contributed by atoms with van der Waals surface area (Å²) in [7, 11) is 0. The molecule has 0 aliphatic carbocycles. The van der Waals surface area contributed by atoms with Crippen molar-refractivity contribution >= 4 is 5.69 Å². The molecule has 0 amide bonds. The van der Waals surface area contributed by atoms with Gasteiger partial charge in [0.05, 0.1) is 4.92 Å². The van der Waals surface area contributed by atoms with Crippen LogP contribution in [0, 0.1) is 16.0 Å². The number of nitro benzene ring substituents is 1. The van der Waals surface area contributed by atoms with E-state index in [4.69, 9.17) is 0 Å². The summed E-state index contributed by atoms with van der Waals surface area (Å²) in [5.41, 5.74) is 1.36. The average molecular weight is 221 g/mol. The van der Waals surface area contributed by atoms with Crippen molar-refractivity contribution in [1.29, 1.82) is 0 Å². The molecule has 0 radical (unpaired) electrons. The molecule has 0 heterocycles. The van der Waals surface area contributed by atoms with Crippen LogP contribution in [-0.2, 0) is 6.42 Å². The van der Waals surface area contributed by atoms with Crippen molar-refractivity contribution in [2.24, 2.45) is 5.92 Å². The molecule has 1 aromatic rings. The third kappa shape index (κ3) is 4.01. The zero-order valence-electron chi connectivity index (χ0n) is 9.98. The van der Waals surface area contributed by atoms with Crippen molar-refractivity contribution in [2.45, 2.75) is 39.5 Å². The topological polar surface area (TPSA) is 43.1 Å². The van der Waals surface area contributed by atoms with Crippen LogP contribution in [0.15, 0.2) is 24.3 Å². The van der Waals surface area contributed by atoms with Gasteiger partial charge in [0.25, 0.3) is 5.69 Å². The molecule has 0 spiro atoms. The van der Waals surface area contributed by atoms with E-state index >= 15 is 0 Å². The van der Waals surface area contributed by atoms with Gasteiger partial charge in [-0.2, -0.15) is 0 Å². The second-order valence-corrected chi connectivity index (χ2v) is 4.33. The quantitative estimate of drug-likeness (QED) is 0.539. The van der Waals surface area contributed by atoms with Crippen molar-refractivity contribution in [3.63, 3.8) is 0 Å². The highest BCUT2D eigenvalue weighted by Crippen LogP contribution is 2.16. The molecule has 1 aromatic carbocycles. The second-order valence-electron chi connectivity index (χ2n) is 4.33. The first-order valence-electron chi connectivity index (χ1n) is 5.86. The maximum Gasteiger partial charge on any atom is 0.269 e. The molecule has 3 nitrogen and oxygen atoms in total. The summed E-state index contributed by atoms with van der Waals surface area (Å²) >= 11 is 0. The minimum atomic E-state index is -0.358. The minimum absolute atomic E-state index is 0.172. The van der Waals surface area contributed by atoms with Gasteiger partial charge >= 0.3 is 0 Å². The van der Waals surface area contributed by atoms with Gasteiger partial charge in [-0.1, -0.05) is 38.8 Å². The lowest BCUT2D eigenvalue weighted by Crippen LogP contribution is -1.94. The third-order valence-electron chi connectivity index (χ3n) is 3.01. The van der Waals surface area contributed by atoms with E-state index in [1.165, 1.54) is 18.4 Å². The lowest BCUT2D eigenvalue weighted by atomic mass is 9.99. The van der Waals surface area contributed by atoms with Gasteiger partial charge in [-0.25, -0.2) is 0 Å². The van der Waals surface area contributed by atoms with Crippen molar-refractivity contribution in [3.8, 4) is 0 Å². The molecule has 0 bridgehead atoms. The molecule has 16 heavy (non-hydrogen) atoms. The van der Waals surface area contributed by atoms with Gasteiger partial charge in [0.15, 0.2) is 0 Å². The molecule has 0 aliphatic rings. The van der Waals surface area contributed by atoms with E-state index in [1.807, 2.05) is 12.1 Å². The van der Waals surface area contributed by atoms with Crippen LogP contribution in [0.3, 0.4) is 0 Å².